The van der Waals surface area contributed by atoms with E-state index in [1.807, 2.05) is 12.1 Å². The first-order valence-corrected chi connectivity index (χ1v) is 12.2. The highest BCUT2D eigenvalue weighted by Crippen LogP contribution is 2.38. The molecule has 1 aliphatic carbocycles. The van der Waals surface area contributed by atoms with Gasteiger partial charge in [0.15, 0.2) is 0 Å². The first-order valence-electron chi connectivity index (χ1n) is 12.2. The number of nitrogens with zero attached hydrogens (tertiary/aromatic N) is 3. The van der Waals surface area contributed by atoms with E-state index in [9.17, 15) is 9.59 Å². The van der Waals surface area contributed by atoms with Gasteiger partial charge < -0.3 is 20.7 Å². The van der Waals surface area contributed by atoms with E-state index in [1.165, 1.54) is 11.9 Å². The number of nitrogen functional groups attached to an aromatic ring is 1. The average Bonchev–Trinajstić information content (AvgIpc) is 2.99. The normalized spacial score (nSPS) is 20.8. The summed E-state index contributed by atoms with van der Waals surface area (Å²) in [4.78, 5) is 35.2. The number of fused-ring (bicyclic) bond motifs is 1. The molecule has 8 heteroatoms. The van der Waals surface area contributed by atoms with Gasteiger partial charge in [0.1, 0.15) is 24.3 Å². The molecule has 0 spiro atoms. The molecule has 1 saturated carbocycles. The number of carbonyl (C=O) groups is 2. The highest BCUT2D eigenvalue weighted by atomic mass is 16.5. The van der Waals surface area contributed by atoms with Gasteiger partial charge in [-0.2, -0.15) is 0 Å². The Bertz CT molecular complexity index is 1030. The predicted octanol–water partition coefficient (Wildman–Crippen LogP) is 4.07. The summed E-state index contributed by atoms with van der Waals surface area (Å²) in [6, 6.07) is 8.21. The summed E-state index contributed by atoms with van der Waals surface area (Å²) in [5, 5.41) is 3.16. The van der Waals surface area contributed by atoms with Gasteiger partial charge in [-0.3, -0.25) is 9.59 Å². The standard InChI is InChI=1S/C26H35N5O3/c1-4-26(2,3)30-21(32)15-17-5-7-18(8-6-17)19-9-11-20(12-10-19)31-13-14-34-24-22(25(31)33)23(27)28-16-29-24/h9-12,16-18H,4-8,13-15H2,1-3H3,(H,30,32)(H2,27,28,29). The van der Waals surface area contributed by atoms with Crippen LogP contribution >= 0.6 is 0 Å². The van der Waals surface area contributed by atoms with Crippen LogP contribution in [0, 0.1) is 5.92 Å². The van der Waals surface area contributed by atoms with E-state index in [-0.39, 0.29) is 34.6 Å². The number of aromatic nitrogens is 2. The number of anilines is 2. The number of rotatable bonds is 6. The lowest BCUT2D eigenvalue weighted by Crippen LogP contribution is -2.43. The zero-order valence-corrected chi connectivity index (χ0v) is 20.3. The first kappa shape index (κ1) is 24.0. The van der Waals surface area contributed by atoms with Gasteiger partial charge in [0.25, 0.3) is 5.91 Å². The van der Waals surface area contributed by atoms with Crippen molar-refractivity contribution in [2.45, 2.75) is 70.8 Å². The molecule has 0 bridgehead atoms. The smallest absolute Gasteiger partial charge is 0.267 e. The molecule has 2 aliphatic rings. The summed E-state index contributed by atoms with van der Waals surface area (Å²) in [6.45, 7) is 6.98. The summed E-state index contributed by atoms with van der Waals surface area (Å²) >= 11 is 0. The second-order valence-electron chi connectivity index (χ2n) is 10.0. The summed E-state index contributed by atoms with van der Waals surface area (Å²) in [5.74, 6) is 1.21. The topological polar surface area (TPSA) is 110 Å². The Morgan fingerprint density at radius 3 is 2.56 bits per heavy atom. The molecule has 4 rings (SSSR count). The average molecular weight is 466 g/mol. The van der Waals surface area contributed by atoms with E-state index in [0.717, 1.165) is 37.8 Å². The van der Waals surface area contributed by atoms with E-state index in [2.05, 4.69) is 48.2 Å². The molecule has 3 N–H and O–H groups in total. The predicted molar refractivity (Wildman–Crippen MR) is 132 cm³/mol. The second kappa shape index (κ2) is 9.99. The van der Waals surface area contributed by atoms with Crippen LogP contribution in [0.5, 0.6) is 5.88 Å². The van der Waals surface area contributed by atoms with Gasteiger partial charge in [-0.05, 0) is 75.5 Å². The van der Waals surface area contributed by atoms with Crippen molar-refractivity contribution in [1.29, 1.82) is 0 Å². The van der Waals surface area contributed by atoms with Crippen LogP contribution in [0.25, 0.3) is 0 Å². The van der Waals surface area contributed by atoms with Crippen LogP contribution in [0.1, 0.15) is 81.1 Å². The molecule has 1 aromatic heterocycles. The third kappa shape index (κ3) is 5.32. The van der Waals surface area contributed by atoms with E-state index in [4.69, 9.17) is 10.5 Å². The molecular formula is C26H35N5O3. The van der Waals surface area contributed by atoms with E-state index in [0.29, 0.717) is 31.4 Å². The zero-order valence-electron chi connectivity index (χ0n) is 20.3. The van der Waals surface area contributed by atoms with Crippen LogP contribution in [0.15, 0.2) is 30.6 Å². The van der Waals surface area contributed by atoms with Gasteiger partial charge in [-0.25, -0.2) is 9.97 Å². The fourth-order valence-corrected chi connectivity index (χ4v) is 4.81. The Hall–Kier alpha value is -3.16. The molecule has 182 valence electrons. The number of nitrogens with one attached hydrogen (secondary N) is 1. The molecule has 2 heterocycles. The Morgan fingerprint density at radius 1 is 1.18 bits per heavy atom. The molecule has 34 heavy (non-hydrogen) atoms. The van der Waals surface area contributed by atoms with Crippen LogP contribution in [-0.4, -0.2) is 40.5 Å². The third-order valence-electron chi connectivity index (χ3n) is 7.21. The van der Waals surface area contributed by atoms with E-state index >= 15 is 0 Å². The summed E-state index contributed by atoms with van der Waals surface area (Å²) in [7, 11) is 0. The van der Waals surface area contributed by atoms with Gasteiger partial charge in [0.2, 0.25) is 11.8 Å². The number of hydrogen-bond donors (Lipinski definition) is 2. The van der Waals surface area contributed by atoms with Gasteiger partial charge >= 0.3 is 0 Å². The van der Waals surface area contributed by atoms with Crippen molar-refractivity contribution in [3.8, 4) is 5.88 Å². The lowest BCUT2D eigenvalue weighted by Gasteiger charge is -2.30. The highest BCUT2D eigenvalue weighted by molar-refractivity contribution is 6.10. The van der Waals surface area contributed by atoms with Gasteiger partial charge in [0, 0.05) is 17.6 Å². The number of benzene rings is 1. The van der Waals surface area contributed by atoms with Crippen LogP contribution in [0.3, 0.4) is 0 Å². The maximum atomic E-state index is 13.1. The molecule has 1 fully saturated rings. The molecule has 2 aromatic rings. The van der Waals surface area contributed by atoms with Gasteiger partial charge in [-0.1, -0.05) is 19.1 Å². The summed E-state index contributed by atoms with van der Waals surface area (Å²) < 4.78 is 5.62. The van der Waals surface area contributed by atoms with E-state index in [1.54, 1.807) is 4.90 Å². The van der Waals surface area contributed by atoms with Crippen molar-refractivity contribution in [3.05, 3.63) is 41.7 Å². The van der Waals surface area contributed by atoms with Crippen LogP contribution < -0.4 is 20.7 Å². The molecule has 2 amide bonds. The quantitative estimate of drug-likeness (QED) is 0.665. The van der Waals surface area contributed by atoms with Crippen LogP contribution in [0.2, 0.25) is 0 Å². The van der Waals surface area contributed by atoms with Crippen molar-refractivity contribution in [2.24, 2.45) is 5.92 Å². The third-order valence-corrected chi connectivity index (χ3v) is 7.21. The van der Waals surface area contributed by atoms with Crippen molar-refractivity contribution in [1.82, 2.24) is 15.3 Å². The SMILES string of the molecule is CCC(C)(C)NC(=O)CC1CCC(c2ccc(N3CCOc4ncnc(N)c4C3=O)cc2)CC1. The van der Waals surface area contributed by atoms with Crippen LogP contribution in [0.4, 0.5) is 11.5 Å². The fourth-order valence-electron chi connectivity index (χ4n) is 4.81. The zero-order chi connectivity index (χ0) is 24.3. The number of amides is 2. The fraction of sp³-hybridized carbons (Fsp3) is 0.538. The lowest BCUT2D eigenvalue weighted by atomic mass is 9.77. The molecule has 1 aromatic carbocycles. The molecular weight excluding hydrogens is 430 g/mol. The van der Waals surface area contributed by atoms with E-state index < -0.39 is 0 Å². The minimum absolute atomic E-state index is 0.127. The minimum atomic E-state index is -0.247. The number of nitrogens with two attached hydrogens (primary N) is 1. The van der Waals surface area contributed by atoms with Gasteiger partial charge in [-0.15, -0.1) is 0 Å². The van der Waals surface area contributed by atoms with Crippen molar-refractivity contribution >= 4 is 23.3 Å². The molecule has 1 aliphatic heterocycles. The lowest BCUT2D eigenvalue weighted by molar-refractivity contribution is -0.123. The Morgan fingerprint density at radius 2 is 1.88 bits per heavy atom. The monoisotopic (exact) mass is 465 g/mol. The van der Waals surface area contributed by atoms with Crippen molar-refractivity contribution < 1.29 is 14.3 Å². The Balaban J connectivity index is 1.36. The maximum Gasteiger partial charge on any atom is 0.267 e. The first-order chi connectivity index (χ1) is 16.3. The largest absolute Gasteiger partial charge is 0.475 e. The minimum Gasteiger partial charge on any atom is -0.475 e. The molecule has 0 unspecified atom stereocenters. The highest BCUT2D eigenvalue weighted by Gasteiger charge is 2.29. The number of hydrogen-bond acceptors (Lipinski definition) is 6. The second-order valence-corrected chi connectivity index (χ2v) is 10.0. The number of ether oxygens (including phenoxy) is 1. The Kier molecular flexibility index (Phi) is 7.05. The van der Waals surface area contributed by atoms with Crippen molar-refractivity contribution in [3.63, 3.8) is 0 Å². The van der Waals surface area contributed by atoms with Crippen molar-refractivity contribution in [2.75, 3.05) is 23.8 Å². The Labute approximate surface area is 201 Å². The number of carbonyl (C=O) groups excluding carboxylic acids is 2. The van der Waals surface area contributed by atoms with Crippen LogP contribution in [-0.2, 0) is 4.79 Å². The summed E-state index contributed by atoms with van der Waals surface area (Å²) in [5.41, 5.74) is 8.09. The maximum absolute atomic E-state index is 13.1. The summed E-state index contributed by atoms with van der Waals surface area (Å²) in [6.07, 6.45) is 7.11. The molecule has 0 radical (unpaired) electrons. The van der Waals surface area contributed by atoms with Gasteiger partial charge in [0.05, 0.1) is 6.54 Å². The molecule has 0 atom stereocenters. The molecule has 0 saturated heterocycles. The molecule has 8 nitrogen and oxygen atoms in total.